The Kier molecular flexibility index (Phi) is 7.31. The van der Waals surface area contributed by atoms with Crippen LogP contribution in [-0.4, -0.2) is 15.0 Å². The van der Waals surface area contributed by atoms with Gasteiger partial charge in [-0.05, 0) is 70.8 Å². The Morgan fingerprint density at radius 3 is 1.57 bits per heavy atom. The van der Waals surface area contributed by atoms with Crippen LogP contribution < -0.4 is 4.90 Å². The molecule has 0 fully saturated rings. The van der Waals surface area contributed by atoms with E-state index in [0.717, 1.165) is 33.5 Å². The van der Waals surface area contributed by atoms with Crippen LogP contribution in [0.1, 0.15) is 25.0 Å². The second-order valence-electron chi connectivity index (χ2n) is 14.1. The van der Waals surface area contributed by atoms with E-state index < -0.39 is 0 Å². The van der Waals surface area contributed by atoms with Gasteiger partial charge in [0.05, 0.1) is 11.4 Å². The molecule has 0 N–H and O–H groups in total. The van der Waals surface area contributed by atoms with Gasteiger partial charge >= 0.3 is 0 Å². The third-order valence-corrected chi connectivity index (χ3v) is 11.6. The van der Waals surface area contributed by atoms with Crippen molar-refractivity contribution in [1.82, 2.24) is 15.0 Å². The summed E-state index contributed by atoms with van der Waals surface area (Å²) in [5, 5.41) is 2.55. The fourth-order valence-corrected chi connectivity index (χ4v) is 8.91. The van der Waals surface area contributed by atoms with Gasteiger partial charge in [-0.3, -0.25) is 0 Å². The fraction of sp³-hybridized carbons (Fsp3) is 0.0625. The van der Waals surface area contributed by atoms with Crippen molar-refractivity contribution >= 4 is 48.6 Å². The normalized spacial score (nSPS) is 13.2. The quantitative estimate of drug-likeness (QED) is 0.179. The smallest absolute Gasteiger partial charge is 0.164 e. The number of fused-ring (bicyclic) bond motifs is 5. The van der Waals surface area contributed by atoms with Crippen LogP contribution in [0.4, 0.5) is 17.1 Å². The highest BCUT2D eigenvalue weighted by Crippen LogP contribution is 2.52. The van der Waals surface area contributed by atoms with E-state index >= 15 is 0 Å². The first kappa shape index (κ1) is 31.3. The van der Waals surface area contributed by atoms with Gasteiger partial charge in [-0.1, -0.05) is 135 Å². The predicted octanol–water partition coefficient (Wildman–Crippen LogP) is 13.0. The number of hydrogen-bond acceptors (Lipinski definition) is 5. The first-order chi connectivity index (χ1) is 26.0. The van der Waals surface area contributed by atoms with E-state index in [0.29, 0.717) is 17.5 Å². The molecule has 7 aromatic carbocycles. The molecule has 5 heteroatoms. The van der Waals surface area contributed by atoms with Gasteiger partial charge in [0.15, 0.2) is 17.5 Å². The molecule has 3 heterocycles. The Morgan fingerprint density at radius 2 is 0.925 bits per heavy atom. The molecule has 252 valence electrons. The molecule has 0 saturated carbocycles. The Morgan fingerprint density at radius 1 is 0.415 bits per heavy atom. The largest absolute Gasteiger partial charge is 0.310 e. The van der Waals surface area contributed by atoms with E-state index in [9.17, 15) is 0 Å². The summed E-state index contributed by atoms with van der Waals surface area (Å²) in [4.78, 5) is 17.8. The van der Waals surface area contributed by atoms with E-state index in [4.69, 9.17) is 15.0 Å². The lowest BCUT2D eigenvalue weighted by atomic mass is 9.73. The molecule has 1 aliphatic rings. The highest BCUT2D eigenvalue weighted by molar-refractivity contribution is 7.25. The molecule has 4 nitrogen and oxygen atoms in total. The Balaban J connectivity index is 1.25. The van der Waals surface area contributed by atoms with E-state index in [-0.39, 0.29) is 5.41 Å². The molecule has 0 radical (unpaired) electrons. The van der Waals surface area contributed by atoms with Crippen molar-refractivity contribution in [2.75, 3.05) is 4.90 Å². The summed E-state index contributed by atoms with van der Waals surface area (Å²) in [6.07, 6.45) is 0. The molecule has 2 aromatic heterocycles. The summed E-state index contributed by atoms with van der Waals surface area (Å²) in [7, 11) is 0. The summed E-state index contributed by atoms with van der Waals surface area (Å²) >= 11 is 1.84. The van der Waals surface area contributed by atoms with Crippen LogP contribution in [0, 0.1) is 0 Å². The Hall–Kier alpha value is -6.43. The molecule has 10 rings (SSSR count). The van der Waals surface area contributed by atoms with Crippen LogP contribution in [-0.2, 0) is 5.41 Å². The lowest BCUT2D eigenvalue weighted by Crippen LogP contribution is -2.30. The highest BCUT2D eigenvalue weighted by Gasteiger charge is 2.36. The Labute approximate surface area is 312 Å². The monoisotopic (exact) mass is 698 g/mol. The second kappa shape index (κ2) is 12.4. The molecular formula is C48H34N4S. The average molecular weight is 699 g/mol. The first-order valence-electron chi connectivity index (χ1n) is 17.9. The minimum Gasteiger partial charge on any atom is -0.310 e. The third kappa shape index (κ3) is 5.32. The maximum absolute atomic E-state index is 5.18. The summed E-state index contributed by atoms with van der Waals surface area (Å²) in [6, 6.07) is 60.3. The molecule has 0 atom stereocenters. The minimum atomic E-state index is -0.168. The van der Waals surface area contributed by atoms with Crippen molar-refractivity contribution < 1.29 is 0 Å². The lowest BCUT2D eigenvalue weighted by molar-refractivity contribution is 0.632. The van der Waals surface area contributed by atoms with Gasteiger partial charge in [-0.2, -0.15) is 0 Å². The standard InChI is InChI=1S/C48H34N4S/c1-48(2)39-20-10-12-22-41(39)52(42-23-13-11-21-40(42)48)36-28-34(33-25-26-44-38(30-33)37-19-9-14-24-43(37)53-44)27-35(29-36)47-50-45(31-15-5-3-6-16-31)49-46(51-47)32-17-7-4-8-18-32/h3-30H,1-2H3. The van der Waals surface area contributed by atoms with Crippen LogP contribution in [0.15, 0.2) is 170 Å². The molecular weight excluding hydrogens is 665 g/mol. The van der Waals surface area contributed by atoms with Crippen molar-refractivity contribution in [1.29, 1.82) is 0 Å². The minimum absolute atomic E-state index is 0.168. The fourth-order valence-electron chi connectivity index (χ4n) is 7.83. The van der Waals surface area contributed by atoms with Crippen LogP contribution >= 0.6 is 11.3 Å². The number of rotatable bonds is 5. The molecule has 0 aliphatic carbocycles. The van der Waals surface area contributed by atoms with Gasteiger partial charge in [0.1, 0.15) is 0 Å². The summed E-state index contributed by atoms with van der Waals surface area (Å²) < 4.78 is 2.58. The lowest BCUT2D eigenvalue weighted by Gasteiger charge is -2.42. The number of anilines is 3. The van der Waals surface area contributed by atoms with Crippen molar-refractivity contribution in [3.8, 4) is 45.3 Å². The van der Waals surface area contributed by atoms with Gasteiger partial charge < -0.3 is 4.90 Å². The zero-order valence-electron chi connectivity index (χ0n) is 29.4. The van der Waals surface area contributed by atoms with Gasteiger partial charge in [-0.15, -0.1) is 11.3 Å². The van der Waals surface area contributed by atoms with Gasteiger partial charge in [0.2, 0.25) is 0 Å². The zero-order valence-corrected chi connectivity index (χ0v) is 30.2. The zero-order chi connectivity index (χ0) is 35.5. The number of para-hydroxylation sites is 2. The maximum Gasteiger partial charge on any atom is 0.164 e. The van der Waals surface area contributed by atoms with E-state index in [1.165, 1.54) is 42.7 Å². The number of benzene rings is 7. The van der Waals surface area contributed by atoms with Gasteiger partial charge in [0.25, 0.3) is 0 Å². The number of nitrogens with zero attached hydrogens (tertiary/aromatic N) is 4. The average Bonchev–Trinajstić information content (AvgIpc) is 3.59. The summed E-state index contributed by atoms with van der Waals surface area (Å²) in [5.41, 5.74) is 10.8. The summed E-state index contributed by atoms with van der Waals surface area (Å²) in [5.74, 6) is 1.91. The van der Waals surface area contributed by atoms with Crippen molar-refractivity contribution in [3.63, 3.8) is 0 Å². The SMILES string of the molecule is CC1(C)c2ccccc2N(c2cc(-c3ccc4sc5ccccc5c4c3)cc(-c3nc(-c4ccccc4)nc(-c4ccccc4)n3)c2)c2ccccc21. The molecule has 9 aromatic rings. The van der Waals surface area contributed by atoms with E-state index in [1.54, 1.807) is 0 Å². The molecule has 0 spiro atoms. The topological polar surface area (TPSA) is 41.9 Å². The van der Waals surface area contributed by atoms with Crippen molar-refractivity contribution in [2.24, 2.45) is 0 Å². The molecule has 1 aliphatic heterocycles. The van der Waals surface area contributed by atoms with Crippen LogP contribution in [0.5, 0.6) is 0 Å². The second-order valence-corrected chi connectivity index (χ2v) is 15.2. The highest BCUT2D eigenvalue weighted by atomic mass is 32.1. The van der Waals surface area contributed by atoms with Crippen LogP contribution in [0.3, 0.4) is 0 Å². The predicted molar refractivity (Wildman–Crippen MR) is 221 cm³/mol. The van der Waals surface area contributed by atoms with Crippen LogP contribution in [0.2, 0.25) is 0 Å². The van der Waals surface area contributed by atoms with Crippen molar-refractivity contribution in [2.45, 2.75) is 19.3 Å². The van der Waals surface area contributed by atoms with Gasteiger partial charge in [-0.25, -0.2) is 15.0 Å². The Bertz CT molecular complexity index is 2720. The molecule has 0 saturated heterocycles. The molecule has 0 unspecified atom stereocenters. The van der Waals surface area contributed by atoms with E-state index in [1.807, 2.05) is 47.7 Å². The van der Waals surface area contributed by atoms with Gasteiger partial charge in [0, 0.05) is 48.0 Å². The third-order valence-electron chi connectivity index (χ3n) is 10.5. The first-order valence-corrected chi connectivity index (χ1v) is 18.8. The molecule has 53 heavy (non-hydrogen) atoms. The van der Waals surface area contributed by atoms with Crippen LogP contribution in [0.25, 0.3) is 65.5 Å². The molecule has 0 bridgehead atoms. The number of aromatic nitrogens is 3. The molecule has 0 amide bonds. The van der Waals surface area contributed by atoms with Crippen molar-refractivity contribution in [3.05, 3.63) is 181 Å². The maximum atomic E-state index is 5.18. The number of thiophene rings is 1. The number of hydrogen-bond donors (Lipinski definition) is 0. The summed E-state index contributed by atoms with van der Waals surface area (Å²) in [6.45, 7) is 4.65. The van der Waals surface area contributed by atoms with E-state index in [2.05, 4.69) is 152 Å².